The first-order chi connectivity index (χ1) is 3.84. The fourth-order valence-electron chi connectivity index (χ4n) is 0.953. The number of hydrogen-bond acceptors (Lipinski definition) is 3. The average molecular weight is 116 g/mol. The third-order valence-corrected chi connectivity index (χ3v) is 1.63. The van der Waals surface area contributed by atoms with Crippen LogP contribution in [0.1, 0.15) is 0 Å². The summed E-state index contributed by atoms with van der Waals surface area (Å²) in [6, 6.07) is 0.167. The normalized spacial score (nSPS) is 38.2. The van der Waals surface area contributed by atoms with Crippen molar-refractivity contribution in [3.8, 4) is 0 Å². The molecule has 1 saturated heterocycles. The molecule has 4 N–H and O–H groups in total. The summed E-state index contributed by atoms with van der Waals surface area (Å²) in [6.07, 6.45) is 0. The number of rotatable bonds is 1. The lowest BCUT2D eigenvalue weighted by Gasteiger charge is -2.08. The van der Waals surface area contributed by atoms with Crippen molar-refractivity contribution in [1.29, 1.82) is 0 Å². The molecule has 0 unspecified atom stereocenters. The minimum atomic E-state index is 0.167. The summed E-state index contributed by atoms with van der Waals surface area (Å²) >= 11 is 0. The van der Waals surface area contributed by atoms with Gasteiger partial charge < -0.3 is 16.2 Å². The van der Waals surface area contributed by atoms with Crippen LogP contribution in [-0.4, -0.2) is 30.8 Å². The van der Waals surface area contributed by atoms with E-state index in [1.54, 1.807) is 0 Å². The fraction of sp³-hybridized carbons (Fsp3) is 1.00. The van der Waals surface area contributed by atoms with Crippen molar-refractivity contribution in [2.45, 2.75) is 6.04 Å². The Morgan fingerprint density at radius 2 is 2.38 bits per heavy atom. The average Bonchev–Trinajstić information content (AvgIpc) is 2.14. The standard InChI is InChI=1S/C5H12N2O/c6-5-2-7-1-4(5)3-8/h4-5,7-8H,1-3,6H2/t4-,5+/m0/s1. The van der Waals surface area contributed by atoms with Gasteiger partial charge in [0.05, 0.1) is 0 Å². The van der Waals surface area contributed by atoms with Crippen LogP contribution in [0.4, 0.5) is 0 Å². The molecule has 1 fully saturated rings. The van der Waals surface area contributed by atoms with Gasteiger partial charge in [-0.15, -0.1) is 0 Å². The van der Waals surface area contributed by atoms with E-state index in [4.69, 9.17) is 10.8 Å². The van der Waals surface area contributed by atoms with Crippen molar-refractivity contribution in [2.75, 3.05) is 19.7 Å². The second-order valence-corrected chi connectivity index (χ2v) is 2.26. The molecule has 0 aromatic carbocycles. The number of nitrogens with one attached hydrogen (secondary N) is 1. The number of aliphatic hydroxyl groups excluding tert-OH is 1. The fourth-order valence-corrected chi connectivity index (χ4v) is 0.953. The second kappa shape index (κ2) is 2.44. The molecule has 1 heterocycles. The Morgan fingerprint density at radius 3 is 2.62 bits per heavy atom. The van der Waals surface area contributed by atoms with Gasteiger partial charge in [-0.2, -0.15) is 0 Å². The molecule has 1 aliphatic rings. The molecule has 0 aliphatic carbocycles. The molecule has 0 amide bonds. The number of hydrogen-bond donors (Lipinski definition) is 3. The zero-order valence-electron chi connectivity index (χ0n) is 4.80. The van der Waals surface area contributed by atoms with Gasteiger partial charge in [0.25, 0.3) is 0 Å². The van der Waals surface area contributed by atoms with Crippen LogP contribution in [0, 0.1) is 5.92 Å². The lowest BCUT2D eigenvalue weighted by Crippen LogP contribution is -2.30. The van der Waals surface area contributed by atoms with Crippen LogP contribution in [0.5, 0.6) is 0 Å². The van der Waals surface area contributed by atoms with Crippen molar-refractivity contribution < 1.29 is 5.11 Å². The second-order valence-electron chi connectivity index (χ2n) is 2.26. The van der Waals surface area contributed by atoms with E-state index in [1.165, 1.54) is 0 Å². The summed E-state index contributed by atoms with van der Waals surface area (Å²) in [4.78, 5) is 0. The van der Waals surface area contributed by atoms with Crippen LogP contribution >= 0.6 is 0 Å². The Morgan fingerprint density at radius 1 is 1.62 bits per heavy atom. The zero-order chi connectivity index (χ0) is 5.98. The van der Waals surface area contributed by atoms with Crippen molar-refractivity contribution in [2.24, 2.45) is 11.7 Å². The summed E-state index contributed by atoms with van der Waals surface area (Å²) in [7, 11) is 0. The first-order valence-corrected chi connectivity index (χ1v) is 2.91. The molecule has 0 aromatic heterocycles. The van der Waals surface area contributed by atoms with E-state index in [-0.39, 0.29) is 18.6 Å². The topological polar surface area (TPSA) is 58.3 Å². The van der Waals surface area contributed by atoms with Crippen LogP contribution < -0.4 is 11.1 Å². The lowest BCUT2D eigenvalue weighted by molar-refractivity contribution is 0.227. The van der Waals surface area contributed by atoms with Crippen LogP contribution in [0.3, 0.4) is 0 Å². The Hall–Kier alpha value is -0.120. The quantitative estimate of drug-likeness (QED) is 0.392. The Bertz CT molecular complexity index is 76.8. The van der Waals surface area contributed by atoms with Gasteiger partial charge >= 0.3 is 0 Å². The maximum Gasteiger partial charge on any atom is 0.0486 e. The van der Waals surface area contributed by atoms with Crippen LogP contribution in [0.15, 0.2) is 0 Å². The highest BCUT2D eigenvalue weighted by Crippen LogP contribution is 2.03. The summed E-state index contributed by atoms with van der Waals surface area (Å²) in [6.45, 7) is 1.94. The van der Waals surface area contributed by atoms with Crippen molar-refractivity contribution in [3.63, 3.8) is 0 Å². The highest BCUT2D eigenvalue weighted by atomic mass is 16.3. The Balaban J connectivity index is 2.30. The number of nitrogens with two attached hydrogens (primary N) is 1. The molecule has 1 rings (SSSR count). The molecule has 3 heteroatoms. The SMILES string of the molecule is N[C@@H]1CNC[C@H]1CO. The molecule has 0 aromatic rings. The molecular weight excluding hydrogens is 104 g/mol. The molecule has 2 atom stereocenters. The smallest absolute Gasteiger partial charge is 0.0486 e. The van der Waals surface area contributed by atoms with E-state index in [1.807, 2.05) is 0 Å². The molecule has 0 saturated carbocycles. The number of aliphatic hydroxyl groups is 1. The van der Waals surface area contributed by atoms with Gasteiger partial charge in [0.1, 0.15) is 0 Å². The van der Waals surface area contributed by atoms with Gasteiger partial charge in [0, 0.05) is 31.7 Å². The van der Waals surface area contributed by atoms with Crippen LogP contribution in [0.2, 0.25) is 0 Å². The predicted molar refractivity (Wildman–Crippen MR) is 31.4 cm³/mol. The molecular formula is C5H12N2O. The van der Waals surface area contributed by atoms with E-state index in [0.29, 0.717) is 0 Å². The van der Waals surface area contributed by atoms with Gasteiger partial charge in [-0.25, -0.2) is 0 Å². The summed E-state index contributed by atoms with van der Waals surface area (Å²) < 4.78 is 0. The summed E-state index contributed by atoms with van der Waals surface area (Å²) in [5.41, 5.74) is 5.57. The molecule has 48 valence electrons. The Labute approximate surface area is 48.9 Å². The lowest BCUT2D eigenvalue weighted by atomic mass is 10.1. The molecule has 0 bridgehead atoms. The third-order valence-electron chi connectivity index (χ3n) is 1.63. The molecule has 0 spiro atoms. The van der Waals surface area contributed by atoms with E-state index in [0.717, 1.165) is 13.1 Å². The van der Waals surface area contributed by atoms with E-state index in [9.17, 15) is 0 Å². The molecule has 1 aliphatic heterocycles. The highest BCUT2D eigenvalue weighted by molar-refractivity contribution is 4.82. The van der Waals surface area contributed by atoms with Crippen molar-refractivity contribution in [1.82, 2.24) is 5.32 Å². The minimum Gasteiger partial charge on any atom is -0.396 e. The van der Waals surface area contributed by atoms with Gasteiger partial charge in [-0.05, 0) is 0 Å². The first-order valence-electron chi connectivity index (χ1n) is 2.91. The summed E-state index contributed by atoms with van der Waals surface area (Å²) in [5, 5.41) is 11.7. The van der Waals surface area contributed by atoms with Gasteiger partial charge in [0.15, 0.2) is 0 Å². The van der Waals surface area contributed by atoms with Gasteiger partial charge in [-0.1, -0.05) is 0 Å². The third kappa shape index (κ3) is 0.992. The van der Waals surface area contributed by atoms with E-state index >= 15 is 0 Å². The minimum absolute atomic E-state index is 0.167. The maximum absolute atomic E-state index is 8.62. The van der Waals surface area contributed by atoms with Crippen molar-refractivity contribution >= 4 is 0 Å². The molecule has 8 heavy (non-hydrogen) atoms. The highest BCUT2D eigenvalue weighted by Gasteiger charge is 2.21. The summed E-state index contributed by atoms with van der Waals surface area (Å²) in [5.74, 6) is 0.287. The molecule has 0 radical (unpaired) electrons. The van der Waals surface area contributed by atoms with Gasteiger partial charge in [0.2, 0.25) is 0 Å². The van der Waals surface area contributed by atoms with Crippen LogP contribution in [0.25, 0.3) is 0 Å². The monoisotopic (exact) mass is 116 g/mol. The van der Waals surface area contributed by atoms with Crippen molar-refractivity contribution in [3.05, 3.63) is 0 Å². The predicted octanol–water partition coefficient (Wildman–Crippen LogP) is -1.47. The zero-order valence-corrected chi connectivity index (χ0v) is 4.80. The Kier molecular flexibility index (Phi) is 1.83. The van der Waals surface area contributed by atoms with E-state index in [2.05, 4.69) is 5.32 Å². The van der Waals surface area contributed by atoms with Gasteiger partial charge in [-0.3, -0.25) is 0 Å². The first kappa shape index (κ1) is 6.01. The van der Waals surface area contributed by atoms with E-state index < -0.39 is 0 Å². The molecule has 3 nitrogen and oxygen atoms in total. The maximum atomic E-state index is 8.62. The van der Waals surface area contributed by atoms with Crippen LogP contribution in [-0.2, 0) is 0 Å². The largest absolute Gasteiger partial charge is 0.396 e.